The zero-order valence-electron chi connectivity index (χ0n) is 75.8. The van der Waals surface area contributed by atoms with Crippen LogP contribution in [0.25, 0.3) is 0 Å². The Labute approximate surface area is 796 Å². The van der Waals surface area contributed by atoms with Gasteiger partial charge in [-0.25, -0.2) is 9.59 Å². The summed E-state index contributed by atoms with van der Waals surface area (Å²) in [6, 6.07) is -11.4. The predicted octanol–water partition coefficient (Wildman–Crippen LogP) is -23.5. The summed E-state index contributed by atoms with van der Waals surface area (Å²) < 4.78 is 111. The van der Waals surface area contributed by atoms with Crippen molar-refractivity contribution in [2.24, 2.45) is 0 Å². The maximum Gasteiger partial charge on any atom is 0.364 e. The van der Waals surface area contributed by atoms with Crippen molar-refractivity contribution in [3.8, 4) is 0 Å². The van der Waals surface area contributed by atoms with Gasteiger partial charge in [0.2, 0.25) is 35.4 Å². The molecule has 36 N–H and O–H groups in total. The second kappa shape index (κ2) is 50.3. The maximum absolute atomic E-state index is 13.2. The Morgan fingerprint density at radius 3 is 0.830 bits per heavy atom. The molecule has 0 saturated carbocycles. The molecule has 10 aliphatic heterocycles. The molecule has 10 fully saturated rings. The summed E-state index contributed by atoms with van der Waals surface area (Å²) in [5, 5.41) is 350. The number of hydrogen-bond donors (Lipinski definition) is 36. The van der Waals surface area contributed by atoms with E-state index < -0.39 is 444 Å². The Hall–Kier alpha value is -6.12. The van der Waals surface area contributed by atoms with Crippen molar-refractivity contribution < 1.29 is 282 Å². The van der Waals surface area contributed by atoms with Gasteiger partial charge in [0.1, 0.15) is 232 Å². The van der Waals surface area contributed by atoms with E-state index in [1.54, 1.807) is 0 Å². The third kappa shape index (κ3) is 26.1. The van der Waals surface area contributed by atoms with E-state index in [1.807, 2.05) is 0 Å². The summed E-state index contributed by atoms with van der Waals surface area (Å²) in [4.78, 5) is 103. The predicted molar refractivity (Wildman–Crippen MR) is 434 cm³/mol. The third-order valence-corrected chi connectivity index (χ3v) is 25.2. The number of aliphatic carboxylic acids is 2. The molecule has 63 nitrogen and oxygen atoms in total. The number of hydrogen-bond acceptors (Lipinski definition) is 55. The summed E-state index contributed by atoms with van der Waals surface area (Å²) in [7, 11) is 0. The van der Waals surface area contributed by atoms with Gasteiger partial charge in [-0.3, -0.25) is 28.8 Å². The molecule has 0 radical (unpaired) electrons. The van der Waals surface area contributed by atoms with Crippen LogP contribution in [-0.2, 0) is 128 Å². The van der Waals surface area contributed by atoms with Crippen molar-refractivity contribution in [1.82, 2.24) is 31.9 Å². The molecule has 10 saturated heterocycles. The quantitative estimate of drug-likeness (QED) is 0.0271. The summed E-state index contributed by atoms with van der Waals surface area (Å²) in [5.74, 6) is -16.6. The van der Waals surface area contributed by atoms with Crippen LogP contribution in [0.1, 0.15) is 54.4 Å². The maximum atomic E-state index is 13.2. The minimum atomic E-state index is -3.29. The molecule has 0 spiro atoms. The van der Waals surface area contributed by atoms with Gasteiger partial charge < -0.3 is 275 Å². The molecular formula is C78H128N6O57. The lowest BCUT2D eigenvalue weighted by Gasteiger charge is -2.51. The number of amides is 6. The number of aliphatic hydroxyl groups excluding tert-OH is 28. The van der Waals surface area contributed by atoms with Crippen molar-refractivity contribution in [2.75, 3.05) is 66.1 Å². The van der Waals surface area contributed by atoms with E-state index in [-0.39, 0.29) is 0 Å². The second-order valence-corrected chi connectivity index (χ2v) is 35.3. The highest BCUT2D eigenvalue weighted by Gasteiger charge is 2.66. The molecule has 10 aliphatic rings. The highest BCUT2D eigenvalue weighted by Crippen LogP contribution is 2.44. The van der Waals surface area contributed by atoms with Gasteiger partial charge in [-0.1, -0.05) is 0 Å². The molecule has 812 valence electrons. The third-order valence-electron chi connectivity index (χ3n) is 25.2. The normalized spacial score (nSPS) is 45.4. The second-order valence-electron chi connectivity index (χ2n) is 35.3. The lowest BCUT2D eigenvalue weighted by Crippen LogP contribution is -2.71. The van der Waals surface area contributed by atoms with Crippen LogP contribution in [-0.4, -0.2) is 585 Å². The lowest BCUT2D eigenvalue weighted by molar-refractivity contribution is -0.391. The minimum Gasteiger partial charge on any atom is -0.477 e. The first-order valence-electron chi connectivity index (χ1n) is 44.4. The average Bonchev–Trinajstić information content (AvgIpc) is 0.754. The smallest absolute Gasteiger partial charge is 0.364 e. The first kappa shape index (κ1) is 117. The Bertz CT molecular complexity index is 4060. The Morgan fingerprint density at radius 1 is 0.291 bits per heavy atom. The van der Waals surface area contributed by atoms with Gasteiger partial charge in [-0.2, -0.15) is 0 Å². The standard InChI is InChI=1S/C78H128N6O57/c1-19(94)79-37-25(100)7-77(75(119)120,138-61(37)43(104)27(102)9-85)140-65-47(108)31(13-89)127-73(55(65)116)134-59-35(17-93)131-70(41(52(59)113)83-23(5)98)137-64-46(107)30(12-88)126-72(54(64)115)133-58-34(16-92)130-69(40(51(58)112)82-22(4)97)136-63-45(106)29(11-87)125-71(53(63)114)132-57-33(15-91)129-68(39(50(57)111)81-21(3)96)123-18-36-49(110)60(42(67(118)124-36)84-24(6)99)135-74-56(117)66(48(109)32(14-90)128-74)141-78(76(121)122)8-26(101)38(80-20(2)95)62(139-78)44(105)28(103)10-86/h25-74,85-93,100-118H,7-18H2,1-6H3,(H,79,94)(H,80,95)(H,81,96)(H,82,97)(H,83,98)(H,84,99)(H,119,120)(H,121,122)/t25-,26-,27+,28+,29+,30+,31+,32+,33+,34+,35+,36+,37+,38+,39+,40+,41+,42+,43+,44+,45-,46-,47-,48-,49-,50+,51+,52+,53+,54+,55+,56+,57+,58+,59+,60+,61+,62+,63-,64-,65-,66-,67?,68+,69-,70-,71-,72-,73-,74-,77-,78-/m0/s1. The van der Waals surface area contributed by atoms with E-state index >= 15 is 0 Å². The molecule has 0 aliphatic carbocycles. The van der Waals surface area contributed by atoms with E-state index in [2.05, 4.69) is 31.9 Å². The topological polar surface area (TPSA) is 991 Å². The molecule has 0 aromatic heterocycles. The minimum absolute atomic E-state index is 0.875. The van der Waals surface area contributed by atoms with Crippen LogP contribution in [0.4, 0.5) is 0 Å². The number of carbonyl (C=O) groups is 8. The van der Waals surface area contributed by atoms with Gasteiger partial charge in [-0.15, -0.1) is 0 Å². The molecule has 0 bridgehead atoms. The van der Waals surface area contributed by atoms with Crippen LogP contribution in [0.2, 0.25) is 0 Å². The van der Waals surface area contributed by atoms with Crippen molar-refractivity contribution in [3.63, 3.8) is 0 Å². The van der Waals surface area contributed by atoms with Gasteiger partial charge in [0.25, 0.3) is 11.6 Å². The largest absolute Gasteiger partial charge is 0.477 e. The van der Waals surface area contributed by atoms with E-state index in [1.165, 1.54) is 0 Å². The molecule has 1 unspecified atom stereocenters. The summed E-state index contributed by atoms with van der Waals surface area (Å²) in [5.41, 5.74) is 0. The van der Waals surface area contributed by atoms with E-state index in [0.29, 0.717) is 0 Å². The highest BCUT2D eigenvalue weighted by atomic mass is 16.8. The highest BCUT2D eigenvalue weighted by molar-refractivity contribution is 5.78. The number of carboxylic acids is 2. The first-order valence-corrected chi connectivity index (χ1v) is 44.4. The van der Waals surface area contributed by atoms with E-state index in [0.717, 1.165) is 41.5 Å². The Kier molecular flexibility index (Phi) is 41.6. The number of rotatable bonds is 40. The molecule has 0 aromatic rings. The summed E-state index contributed by atoms with van der Waals surface area (Å²) >= 11 is 0. The SMILES string of the molecule is CC(=O)N[C@H]1[C@H](OC[C@H]2OC(O)[C@H](NC(C)=O)[C@@H](O[C@@H]3O[C@H](CO)[C@H](O)[C@H](O[C@]4(C(=O)O)C[C@H](O)[C@@H](NC(C)=O)[C@H]([C@H](O)[C@H](O)CO)O4)[C@H]3O)[C@H]2O)O[C@H](CO)[C@@H](O[C@@H]2O[C@H](CO)[C@H](O)[C@H](O[C@@H]3O[C@H](CO)[C@@H](O[C@@H]4O[C@H](CO)[C@H](O)[C@H](O[C@@H]5O[C@H](CO)[C@@H](O[C@@H]6O[C@H](CO)[C@H](O)[C@H](O[C@]7(C(=O)O)C[C@H](O)[C@@H](NC(C)=O)[C@H]([C@H](O)[C@H](O)CO)O7)[C@H]6O)[C@H](O)[C@H]5NC(C)=O)[C@H]4O)[C@H](O)[C@H]3NC(C)=O)[C@H]2O)[C@@H]1O. The van der Waals surface area contributed by atoms with Crippen molar-refractivity contribution in [1.29, 1.82) is 0 Å². The van der Waals surface area contributed by atoms with Gasteiger partial charge in [0, 0.05) is 54.4 Å². The fourth-order valence-corrected chi connectivity index (χ4v) is 18.2. The summed E-state index contributed by atoms with van der Waals surface area (Å²) in [6.07, 6.45) is -99.3. The van der Waals surface area contributed by atoms with Crippen LogP contribution in [0, 0.1) is 0 Å². The van der Waals surface area contributed by atoms with E-state index in [9.17, 15) is 192 Å². The summed E-state index contributed by atoms with van der Waals surface area (Å²) in [6.45, 7) is -6.42. The van der Waals surface area contributed by atoms with Crippen molar-refractivity contribution in [3.05, 3.63) is 0 Å². The van der Waals surface area contributed by atoms with Crippen LogP contribution in [0.3, 0.4) is 0 Å². The Morgan fingerprint density at radius 2 is 0.539 bits per heavy atom. The van der Waals surface area contributed by atoms with Crippen LogP contribution < -0.4 is 31.9 Å². The number of carboxylic acid groups (broad SMARTS) is 2. The van der Waals surface area contributed by atoms with Gasteiger partial charge in [-0.05, 0) is 0 Å². The number of carbonyl (C=O) groups excluding carboxylic acids is 6. The molecule has 141 heavy (non-hydrogen) atoms. The van der Waals surface area contributed by atoms with E-state index in [4.69, 9.17) is 90.0 Å². The first-order chi connectivity index (χ1) is 66.4. The Balaban J connectivity index is 0.824. The zero-order chi connectivity index (χ0) is 105. The van der Waals surface area contributed by atoms with Gasteiger partial charge in [0.05, 0.1) is 90.4 Å². The fourth-order valence-electron chi connectivity index (χ4n) is 18.2. The average molecular weight is 2060 g/mol. The number of nitrogens with one attached hydrogen (secondary N) is 6. The van der Waals surface area contributed by atoms with Crippen LogP contribution in [0.5, 0.6) is 0 Å². The van der Waals surface area contributed by atoms with Gasteiger partial charge in [0.15, 0.2) is 50.3 Å². The zero-order valence-corrected chi connectivity index (χ0v) is 75.8. The molecule has 0 aromatic carbocycles. The monoisotopic (exact) mass is 2060 g/mol. The van der Waals surface area contributed by atoms with Crippen LogP contribution in [0.15, 0.2) is 0 Å². The fraction of sp³-hybridized carbons (Fsp3) is 0.897. The van der Waals surface area contributed by atoms with Crippen molar-refractivity contribution in [2.45, 2.75) is 372 Å². The lowest BCUT2D eigenvalue weighted by atomic mass is 9.88. The molecule has 10 rings (SSSR count). The molecule has 52 atom stereocenters. The molecule has 6 amide bonds. The molecule has 63 heteroatoms. The number of aliphatic hydroxyl groups is 28. The van der Waals surface area contributed by atoms with Crippen LogP contribution >= 0.6 is 0 Å². The molecule has 10 heterocycles. The van der Waals surface area contributed by atoms with Gasteiger partial charge >= 0.3 is 11.9 Å². The van der Waals surface area contributed by atoms with Crippen molar-refractivity contribution >= 4 is 47.4 Å². The number of ether oxygens (including phenoxy) is 19. The molecular weight excluding hydrogens is 1930 g/mol.